The molecule has 2 aliphatic heterocycles. The molecular formula is C50H80N20O18S. The Morgan fingerprint density at radius 1 is 0.697 bits per heavy atom. The number of amides is 14. The zero-order chi connectivity index (χ0) is 66.5. The van der Waals surface area contributed by atoms with Gasteiger partial charge >= 0.3 is 5.97 Å². The van der Waals surface area contributed by atoms with Crippen molar-refractivity contribution in [2.75, 3.05) is 51.6 Å². The smallest absolute Gasteiger partial charge is 0.305 e. The molecule has 2 fully saturated rings. The Bertz CT molecular complexity index is 2730. The molecule has 24 N–H and O–H groups in total. The molecule has 39 heteroatoms. The maximum absolute atomic E-state index is 14.3. The number of carboxylic acids is 1. The van der Waals surface area contributed by atoms with Crippen LogP contribution in [0.4, 0.5) is 0 Å². The summed E-state index contributed by atoms with van der Waals surface area (Å²) in [6.07, 6.45) is -1.28. The number of aliphatic hydroxyl groups is 2. The molecule has 0 bridgehead atoms. The van der Waals surface area contributed by atoms with Crippen LogP contribution in [-0.4, -0.2) is 243 Å². The number of aromatic nitrogens is 2. The standard InChI is InChI=1S/C50H80N20O18S/c1-23-40(79)65-30(15-38(77)78)42(81)59-19-37(76)69-39(24(2)72)48(87)67-31(13-25-16-55-22-61-25)49(88)70-12-6-9-33(70)47(86)60-17-35(74)58-18-36(75)63-27(7-3-4-10-56-41(80)26(51)21-89)43(82)66-29(14-34(52)73)45(84)64-28(8-5-11-57-50(53)54)44(83)68-32(20-71)46(85)62-23/h16,22-24,26-33,39,71-72,89H,3-15,17-21,51H2,1-2H3,(H2,52,73)(H,55,61)(H,56,80)(H,58,74)(H,59,81)(H,60,86)(H,62,85)(H,63,75)(H,64,84)(H,65,79)(H,66,82)(H,67,87)(H,68,83)(H,69,76)(H,77,78)(H4,53,54,57)/t23-,24-,26-,27-,28-,29-,30-,31-,32-,33-,39-/m0/s1. The van der Waals surface area contributed by atoms with Gasteiger partial charge in [-0.2, -0.15) is 12.6 Å². The van der Waals surface area contributed by atoms with E-state index in [0.717, 1.165) is 18.7 Å². The number of hydrogen-bond acceptors (Lipinski definition) is 21. The number of thiol groups is 1. The van der Waals surface area contributed by atoms with E-state index in [9.17, 15) is 87.2 Å². The van der Waals surface area contributed by atoms with Gasteiger partial charge in [0.25, 0.3) is 0 Å². The number of hydrogen-bond donors (Lipinski definition) is 21. The first-order valence-electron chi connectivity index (χ1n) is 28.0. The van der Waals surface area contributed by atoms with Crippen LogP contribution in [0.1, 0.15) is 77.3 Å². The van der Waals surface area contributed by atoms with Crippen LogP contribution in [-0.2, 0) is 78.3 Å². The maximum Gasteiger partial charge on any atom is 0.305 e. The minimum atomic E-state index is -1.94. The summed E-state index contributed by atoms with van der Waals surface area (Å²) < 4.78 is 0. The van der Waals surface area contributed by atoms with Gasteiger partial charge in [-0.3, -0.25) is 76.9 Å². The number of aliphatic hydroxyl groups excluding tert-OH is 2. The third kappa shape index (κ3) is 25.9. The van der Waals surface area contributed by atoms with E-state index < -0.39 is 194 Å². The molecule has 0 saturated carbocycles. The fourth-order valence-electron chi connectivity index (χ4n) is 8.70. The number of carboxylic acid groups (broad SMARTS) is 1. The molecule has 3 heterocycles. The average Bonchev–Trinajstić information content (AvgIpc) is 3.41. The summed E-state index contributed by atoms with van der Waals surface area (Å²) in [6.45, 7) is -1.63. The van der Waals surface area contributed by atoms with Crippen LogP contribution in [0.2, 0.25) is 0 Å². The van der Waals surface area contributed by atoms with Crippen molar-refractivity contribution < 1.29 is 87.2 Å². The molecule has 1 aromatic rings. The number of nitrogens with one attached hydrogen (secondary N) is 13. The van der Waals surface area contributed by atoms with E-state index in [1.807, 2.05) is 0 Å². The lowest BCUT2D eigenvalue weighted by molar-refractivity contribution is -0.142. The number of aliphatic carboxylic acids is 1. The summed E-state index contributed by atoms with van der Waals surface area (Å²) in [5.74, 6) is -16.7. The number of nitrogens with two attached hydrogens (primary N) is 4. The summed E-state index contributed by atoms with van der Waals surface area (Å²) in [7, 11) is 0. The number of nitrogens with zero attached hydrogens (tertiary/aromatic N) is 3. The highest BCUT2D eigenvalue weighted by Crippen LogP contribution is 2.20. The minimum Gasteiger partial charge on any atom is -0.481 e. The van der Waals surface area contributed by atoms with E-state index in [4.69, 9.17) is 22.9 Å². The van der Waals surface area contributed by atoms with E-state index in [0.29, 0.717) is 5.69 Å². The van der Waals surface area contributed by atoms with Crippen LogP contribution in [0.25, 0.3) is 0 Å². The number of unbranched alkanes of at least 4 members (excludes halogenated alkanes) is 1. The van der Waals surface area contributed by atoms with Crippen LogP contribution in [0.3, 0.4) is 0 Å². The number of carbonyl (C=O) groups is 15. The lowest BCUT2D eigenvalue weighted by atomic mass is 10.1. The van der Waals surface area contributed by atoms with Gasteiger partial charge in [-0.05, 0) is 58.8 Å². The minimum absolute atomic E-state index is 0.0169. The van der Waals surface area contributed by atoms with Crippen molar-refractivity contribution in [3.63, 3.8) is 0 Å². The lowest BCUT2D eigenvalue weighted by Crippen LogP contribution is -2.61. The van der Waals surface area contributed by atoms with E-state index >= 15 is 0 Å². The van der Waals surface area contributed by atoms with E-state index in [1.165, 1.54) is 12.5 Å². The summed E-state index contributed by atoms with van der Waals surface area (Å²) in [4.78, 5) is 212. The number of H-pyrrole nitrogens is 1. The normalized spacial score (nSPS) is 24.8. The van der Waals surface area contributed by atoms with Crippen LogP contribution in [0, 0.1) is 0 Å². The summed E-state index contributed by atoms with van der Waals surface area (Å²) in [6, 6.07) is -16.1. The second-order valence-corrected chi connectivity index (χ2v) is 21.0. The lowest BCUT2D eigenvalue weighted by Gasteiger charge is -2.30. The molecule has 14 amide bonds. The van der Waals surface area contributed by atoms with Crippen molar-refractivity contribution in [3.8, 4) is 0 Å². The van der Waals surface area contributed by atoms with Crippen LogP contribution >= 0.6 is 12.6 Å². The molecule has 1 aromatic heterocycles. The van der Waals surface area contributed by atoms with Gasteiger partial charge < -0.3 is 112 Å². The number of aliphatic imine (C=N–C) groups is 1. The Labute approximate surface area is 514 Å². The van der Waals surface area contributed by atoms with E-state index in [-0.39, 0.29) is 82.7 Å². The Morgan fingerprint density at radius 3 is 1.88 bits per heavy atom. The van der Waals surface area contributed by atoms with Gasteiger partial charge in [-0.1, -0.05) is 0 Å². The van der Waals surface area contributed by atoms with Gasteiger partial charge in [0.1, 0.15) is 54.4 Å². The van der Waals surface area contributed by atoms with Crippen molar-refractivity contribution in [1.29, 1.82) is 0 Å². The topological polar surface area (TPSA) is 609 Å². The van der Waals surface area contributed by atoms with Crippen molar-refractivity contribution in [1.82, 2.24) is 78.7 Å². The zero-order valence-corrected chi connectivity index (χ0v) is 49.7. The largest absolute Gasteiger partial charge is 0.481 e. The van der Waals surface area contributed by atoms with Crippen molar-refractivity contribution >= 4 is 107 Å². The fraction of sp³-hybridized carbons (Fsp3) is 0.620. The molecule has 2 saturated heterocycles. The molecule has 3 rings (SSSR count). The Morgan fingerprint density at radius 2 is 1.26 bits per heavy atom. The highest BCUT2D eigenvalue weighted by molar-refractivity contribution is 7.80. The molecule has 494 valence electrons. The number of guanidine groups is 1. The molecule has 0 unspecified atom stereocenters. The monoisotopic (exact) mass is 1280 g/mol. The van der Waals surface area contributed by atoms with Gasteiger partial charge in [-0.15, -0.1) is 0 Å². The van der Waals surface area contributed by atoms with Crippen LogP contribution in [0.5, 0.6) is 0 Å². The molecule has 38 nitrogen and oxygen atoms in total. The van der Waals surface area contributed by atoms with Gasteiger partial charge in [0.15, 0.2) is 5.96 Å². The van der Waals surface area contributed by atoms with Gasteiger partial charge in [0, 0.05) is 43.7 Å². The second-order valence-electron chi connectivity index (χ2n) is 20.6. The zero-order valence-electron chi connectivity index (χ0n) is 48.8. The molecule has 0 aromatic carbocycles. The average molecular weight is 1280 g/mol. The molecule has 0 aliphatic carbocycles. The van der Waals surface area contributed by atoms with E-state index in [1.54, 1.807) is 0 Å². The second kappa shape index (κ2) is 37.5. The third-order valence-corrected chi connectivity index (χ3v) is 13.8. The quantitative estimate of drug-likeness (QED) is 0.0265. The molecule has 0 spiro atoms. The first kappa shape index (κ1) is 74.0. The van der Waals surface area contributed by atoms with Crippen molar-refractivity contribution in [2.45, 2.75) is 145 Å². The molecule has 0 radical (unpaired) electrons. The van der Waals surface area contributed by atoms with Gasteiger partial charge in [0.2, 0.25) is 82.7 Å². The summed E-state index contributed by atoms with van der Waals surface area (Å²) in [5.41, 5.74) is 22.4. The van der Waals surface area contributed by atoms with Gasteiger partial charge in [0.05, 0.1) is 57.6 Å². The Kier molecular flexibility index (Phi) is 31.1. The fourth-order valence-corrected chi connectivity index (χ4v) is 8.86. The number of aromatic amines is 1. The predicted molar refractivity (Wildman–Crippen MR) is 311 cm³/mol. The molecule has 11 atom stereocenters. The van der Waals surface area contributed by atoms with Crippen LogP contribution < -0.4 is 86.7 Å². The van der Waals surface area contributed by atoms with Crippen molar-refractivity contribution in [3.05, 3.63) is 18.2 Å². The van der Waals surface area contributed by atoms with Gasteiger partial charge in [-0.25, -0.2) is 4.98 Å². The molecule has 2 aliphatic rings. The number of rotatable bonds is 19. The third-order valence-electron chi connectivity index (χ3n) is 13.4. The number of imidazole rings is 1. The SMILES string of the molecule is C[C@@H]1NC(=O)[C@H](CO)NC(=O)[C@H](CCCN=C(N)N)NC(=O)[C@H](CC(N)=O)NC(=O)[C@H](CCCCNC(=O)[C@@H](N)CS)NC(=O)CNC(=O)CNC(=O)[C@@H]2CCCN2C(=O)[C@H](Cc2cnc[nH]2)NC(=O)[C@H]([C@H](C)O)NC(=O)CNC(=O)[C@H](CC(=O)O)NC1=O. The van der Waals surface area contributed by atoms with E-state index in [2.05, 4.69) is 91.4 Å². The Balaban J connectivity index is 2.05. The summed E-state index contributed by atoms with van der Waals surface area (Å²) >= 11 is 3.99. The molecule has 89 heavy (non-hydrogen) atoms. The predicted octanol–water partition coefficient (Wildman–Crippen LogP) is -11.5. The number of primary amides is 1. The number of fused-ring (bicyclic) bond motifs is 1. The maximum atomic E-state index is 14.3. The Hall–Kier alpha value is -9.24. The molecular weight excluding hydrogens is 1200 g/mol. The van der Waals surface area contributed by atoms with Crippen molar-refractivity contribution in [2.24, 2.45) is 27.9 Å². The first-order valence-corrected chi connectivity index (χ1v) is 28.7. The summed E-state index contributed by atoms with van der Waals surface area (Å²) in [5, 5.41) is 58.1. The number of carbonyl (C=O) groups excluding carboxylic acids is 14. The highest BCUT2D eigenvalue weighted by atomic mass is 32.1. The first-order chi connectivity index (χ1) is 42.0. The highest BCUT2D eigenvalue weighted by Gasteiger charge is 2.40. The van der Waals surface area contributed by atoms with Crippen LogP contribution in [0.15, 0.2) is 17.5 Å².